The molecule has 0 bridgehead atoms. The lowest BCUT2D eigenvalue weighted by Gasteiger charge is -2.23. The highest BCUT2D eigenvalue weighted by molar-refractivity contribution is 5.45. The van der Waals surface area contributed by atoms with Gasteiger partial charge in [0, 0.05) is 18.8 Å². The molecule has 0 aliphatic rings. The van der Waals surface area contributed by atoms with E-state index in [1.165, 1.54) is 128 Å². The number of anilines is 1. The van der Waals surface area contributed by atoms with Crippen molar-refractivity contribution < 1.29 is 0 Å². The normalized spacial score (nSPS) is 11.1. The zero-order valence-corrected chi connectivity index (χ0v) is 20.0. The lowest BCUT2D eigenvalue weighted by atomic mass is 10.0. The van der Waals surface area contributed by atoms with Gasteiger partial charge in [0.05, 0.1) is 0 Å². The summed E-state index contributed by atoms with van der Waals surface area (Å²) in [6.45, 7) is 6.89. The molecule has 0 saturated carbocycles. The van der Waals surface area contributed by atoms with Gasteiger partial charge in [-0.1, -0.05) is 134 Å². The Balaban J connectivity index is 1.78. The molecular formula is C28H51N. The Morgan fingerprint density at radius 2 is 0.862 bits per heavy atom. The van der Waals surface area contributed by atoms with Crippen molar-refractivity contribution in [2.45, 2.75) is 129 Å². The van der Waals surface area contributed by atoms with Gasteiger partial charge in [-0.3, -0.25) is 0 Å². The van der Waals surface area contributed by atoms with E-state index < -0.39 is 0 Å². The average molecular weight is 402 g/mol. The van der Waals surface area contributed by atoms with Crippen molar-refractivity contribution in [3.05, 3.63) is 30.3 Å². The van der Waals surface area contributed by atoms with Crippen molar-refractivity contribution in [1.29, 1.82) is 0 Å². The van der Waals surface area contributed by atoms with Crippen LogP contribution in [0.15, 0.2) is 30.3 Å². The molecule has 0 atom stereocenters. The van der Waals surface area contributed by atoms with Crippen LogP contribution in [0.5, 0.6) is 0 Å². The third kappa shape index (κ3) is 15.5. The Morgan fingerprint density at radius 1 is 0.483 bits per heavy atom. The molecule has 1 aromatic carbocycles. The van der Waals surface area contributed by atoms with Crippen LogP contribution in [0.25, 0.3) is 0 Å². The maximum atomic E-state index is 2.51. The van der Waals surface area contributed by atoms with Crippen LogP contribution < -0.4 is 4.90 Å². The molecule has 0 aliphatic heterocycles. The van der Waals surface area contributed by atoms with Crippen molar-refractivity contribution in [3.63, 3.8) is 0 Å². The molecule has 1 nitrogen and oxygen atoms in total. The van der Waals surface area contributed by atoms with Crippen LogP contribution in [0.4, 0.5) is 5.69 Å². The van der Waals surface area contributed by atoms with Gasteiger partial charge in [-0.05, 0) is 25.5 Å². The number of benzene rings is 1. The molecule has 0 fully saturated rings. The highest BCUT2D eigenvalue weighted by Crippen LogP contribution is 2.16. The second-order valence-electron chi connectivity index (χ2n) is 8.93. The third-order valence-corrected chi connectivity index (χ3v) is 6.28. The molecule has 1 rings (SSSR count). The second-order valence-corrected chi connectivity index (χ2v) is 8.93. The molecule has 0 aromatic heterocycles. The lowest BCUT2D eigenvalue weighted by molar-refractivity contribution is 0.525. The molecule has 0 radical (unpaired) electrons. The van der Waals surface area contributed by atoms with E-state index in [0.29, 0.717) is 0 Å². The molecule has 168 valence electrons. The molecule has 29 heavy (non-hydrogen) atoms. The summed E-state index contributed by atoms with van der Waals surface area (Å²) in [4.78, 5) is 2.51. The first-order valence-electron chi connectivity index (χ1n) is 13.2. The van der Waals surface area contributed by atoms with Crippen LogP contribution in [0, 0.1) is 0 Å². The summed E-state index contributed by atoms with van der Waals surface area (Å²) < 4.78 is 0. The van der Waals surface area contributed by atoms with E-state index in [1.54, 1.807) is 0 Å². The number of hydrogen-bond acceptors (Lipinski definition) is 1. The SMILES string of the molecule is CCCCCCCCCCCCCCCCCCCCN(CC)c1ccccc1. The highest BCUT2D eigenvalue weighted by Gasteiger charge is 2.02. The third-order valence-electron chi connectivity index (χ3n) is 6.28. The van der Waals surface area contributed by atoms with Crippen LogP contribution in [0.3, 0.4) is 0 Å². The van der Waals surface area contributed by atoms with Crippen LogP contribution in [-0.4, -0.2) is 13.1 Å². The van der Waals surface area contributed by atoms with E-state index in [0.717, 1.165) is 6.54 Å². The number of nitrogens with zero attached hydrogens (tertiary/aromatic N) is 1. The van der Waals surface area contributed by atoms with E-state index in [1.807, 2.05) is 0 Å². The van der Waals surface area contributed by atoms with Gasteiger partial charge in [-0.25, -0.2) is 0 Å². The van der Waals surface area contributed by atoms with Gasteiger partial charge in [0.25, 0.3) is 0 Å². The summed E-state index contributed by atoms with van der Waals surface area (Å²) in [6, 6.07) is 10.9. The van der Waals surface area contributed by atoms with Gasteiger partial charge >= 0.3 is 0 Å². The minimum Gasteiger partial charge on any atom is -0.372 e. The largest absolute Gasteiger partial charge is 0.372 e. The Bertz CT molecular complexity index is 427. The predicted molar refractivity (Wildman–Crippen MR) is 133 cm³/mol. The van der Waals surface area contributed by atoms with Crippen molar-refractivity contribution in [2.75, 3.05) is 18.0 Å². The van der Waals surface area contributed by atoms with Crippen molar-refractivity contribution in [3.8, 4) is 0 Å². The van der Waals surface area contributed by atoms with Crippen LogP contribution in [0.2, 0.25) is 0 Å². The molecular weight excluding hydrogens is 350 g/mol. The molecule has 0 heterocycles. The first kappa shape index (κ1) is 26.1. The van der Waals surface area contributed by atoms with E-state index in [2.05, 4.69) is 49.1 Å². The minimum absolute atomic E-state index is 1.11. The van der Waals surface area contributed by atoms with E-state index in [4.69, 9.17) is 0 Å². The molecule has 0 saturated heterocycles. The summed E-state index contributed by atoms with van der Waals surface area (Å²) in [6.07, 6.45) is 26.0. The summed E-state index contributed by atoms with van der Waals surface area (Å²) in [7, 11) is 0. The molecule has 0 aliphatic carbocycles. The Hall–Kier alpha value is -0.980. The molecule has 1 heteroatoms. The topological polar surface area (TPSA) is 3.24 Å². The predicted octanol–water partition coefficient (Wildman–Crippen LogP) is 9.55. The zero-order chi connectivity index (χ0) is 20.8. The van der Waals surface area contributed by atoms with Gasteiger partial charge in [0.15, 0.2) is 0 Å². The van der Waals surface area contributed by atoms with Crippen molar-refractivity contribution in [2.24, 2.45) is 0 Å². The summed E-state index contributed by atoms with van der Waals surface area (Å²) >= 11 is 0. The minimum atomic E-state index is 1.11. The van der Waals surface area contributed by atoms with Crippen molar-refractivity contribution >= 4 is 5.69 Å². The number of rotatable bonds is 21. The van der Waals surface area contributed by atoms with Gasteiger partial charge in [0.1, 0.15) is 0 Å². The van der Waals surface area contributed by atoms with Crippen LogP contribution in [-0.2, 0) is 0 Å². The maximum Gasteiger partial charge on any atom is 0.0366 e. The second kappa shape index (κ2) is 20.3. The Kier molecular flexibility index (Phi) is 18.2. The molecule has 0 N–H and O–H groups in total. The average Bonchev–Trinajstić information content (AvgIpc) is 2.76. The van der Waals surface area contributed by atoms with Gasteiger partial charge < -0.3 is 4.90 Å². The Labute approximate surface area is 183 Å². The van der Waals surface area contributed by atoms with E-state index in [-0.39, 0.29) is 0 Å². The summed E-state index contributed by atoms with van der Waals surface area (Å²) in [5.74, 6) is 0. The first-order chi connectivity index (χ1) is 14.4. The fourth-order valence-corrected chi connectivity index (χ4v) is 4.31. The quantitative estimate of drug-likeness (QED) is 0.185. The first-order valence-corrected chi connectivity index (χ1v) is 13.2. The molecule has 0 amide bonds. The smallest absolute Gasteiger partial charge is 0.0366 e. The van der Waals surface area contributed by atoms with Gasteiger partial charge in [-0.15, -0.1) is 0 Å². The molecule has 1 aromatic rings. The zero-order valence-electron chi connectivity index (χ0n) is 20.0. The highest BCUT2D eigenvalue weighted by atomic mass is 15.1. The molecule has 0 spiro atoms. The monoisotopic (exact) mass is 401 g/mol. The van der Waals surface area contributed by atoms with Crippen LogP contribution in [0.1, 0.15) is 129 Å². The molecule has 0 unspecified atom stereocenters. The fourth-order valence-electron chi connectivity index (χ4n) is 4.31. The van der Waals surface area contributed by atoms with Gasteiger partial charge in [0.2, 0.25) is 0 Å². The lowest BCUT2D eigenvalue weighted by Crippen LogP contribution is -2.23. The van der Waals surface area contributed by atoms with E-state index in [9.17, 15) is 0 Å². The summed E-state index contributed by atoms with van der Waals surface area (Å²) in [5, 5.41) is 0. The van der Waals surface area contributed by atoms with Crippen LogP contribution >= 0.6 is 0 Å². The fraction of sp³-hybridized carbons (Fsp3) is 0.786. The van der Waals surface area contributed by atoms with Gasteiger partial charge in [-0.2, -0.15) is 0 Å². The summed E-state index contributed by atoms with van der Waals surface area (Å²) in [5.41, 5.74) is 1.38. The number of unbranched alkanes of at least 4 members (excludes halogenated alkanes) is 17. The number of para-hydroxylation sites is 1. The standard InChI is InChI=1S/C28H51N/c1-3-5-6-7-8-9-10-11-12-13-14-15-16-17-18-19-20-24-27-29(4-2)28-25-22-21-23-26-28/h21-23,25-26H,3-20,24,27H2,1-2H3. The van der Waals surface area contributed by atoms with E-state index >= 15 is 0 Å². The van der Waals surface area contributed by atoms with Crippen molar-refractivity contribution in [1.82, 2.24) is 0 Å². The Morgan fingerprint density at radius 3 is 1.24 bits per heavy atom. The number of hydrogen-bond donors (Lipinski definition) is 0. The maximum absolute atomic E-state index is 2.51.